The smallest absolute Gasteiger partial charge is 0.181 e. The van der Waals surface area contributed by atoms with E-state index in [-0.39, 0.29) is 10.6 Å². The van der Waals surface area contributed by atoms with Crippen LogP contribution in [0, 0.1) is 6.92 Å². The average Bonchev–Trinajstić information content (AvgIpc) is 2.38. The van der Waals surface area contributed by atoms with E-state index >= 15 is 0 Å². The molecule has 1 unspecified atom stereocenters. The monoisotopic (exact) mass is 310 g/mol. The third-order valence-corrected chi connectivity index (χ3v) is 4.92. The maximum atomic E-state index is 12.2. The fraction of sp³-hybridized carbons (Fsp3) is 0.200. The number of aliphatic hydroxyl groups excluding tert-OH is 1. The second-order valence-electron chi connectivity index (χ2n) is 4.67. The molecule has 2 aromatic rings. The van der Waals surface area contributed by atoms with Crippen molar-refractivity contribution >= 4 is 21.4 Å². The van der Waals surface area contributed by atoms with Crippen LogP contribution < -0.4 is 0 Å². The van der Waals surface area contributed by atoms with Crippen molar-refractivity contribution in [2.24, 2.45) is 0 Å². The maximum Gasteiger partial charge on any atom is 0.181 e. The molecule has 0 spiro atoms. The number of hydrogen-bond acceptors (Lipinski definition) is 3. The standard InChI is InChI=1S/C15H15ClO3S/c1-11-4-2-5-12(8-11)15(17)10-20(18,19)14-7-3-6-13(16)9-14/h2-9,15,17H,10H2,1H3. The number of benzene rings is 2. The Balaban J connectivity index is 2.24. The molecule has 0 aliphatic rings. The molecule has 0 bridgehead atoms. The van der Waals surface area contributed by atoms with Crippen molar-refractivity contribution in [1.82, 2.24) is 0 Å². The molecule has 0 aliphatic heterocycles. The molecule has 106 valence electrons. The maximum absolute atomic E-state index is 12.2. The van der Waals surface area contributed by atoms with Crippen LogP contribution in [0.1, 0.15) is 17.2 Å². The highest BCUT2D eigenvalue weighted by molar-refractivity contribution is 7.91. The molecular formula is C15H15ClO3S. The molecule has 0 saturated carbocycles. The van der Waals surface area contributed by atoms with Crippen molar-refractivity contribution in [1.29, 1.82) is 0 Å². The lowest BCUT2D eigenvalue weighted by Gasteiger charge is -2.12. The van der Waals surface area contributed by atoms with Crippen LogP contribution in [0.2, 0.25) is 5.02 Å². The van der Waals surface area contributed by atoms with Gasteiger partial charge in [0.05, 0.1) is 16.8 Å². The Morgan fingerprint density at radius 3 is 2.50 bits per heavy atom. The average molecular weight is 311 g/mol. The van der Waals surface area contributed by atoms with Gasteiger partial charge in [-0.1, -0.05) is 47.5 Å². The van der Waals surface area contributed by atoms with E-state index in [9.17, 15) is 13.5 Å². The predicted octanol–water partition coefficient (Wildman–Crippen LogP) is 3.16. The summed E-state index contributed by atoms with van der Waals surface area (Å²) in [6, 6.07) is 13.2. The van der Waals surface area contributed by atoms with Crippen molar-refractivity contribution < 1.29 is 13.5 Å². The van der Waals surface area contributed by atoms with E-state index in [0.717, 1.165) is 5.56 Å². The molecular weight excluding hydrogens is 296 g/mol. The Morgan fingerprint density at radius 2 is 1.85 bits per heavy atom. The summed E-state index contributed by atoms with van der Waals surface area (Å²) in [5.41, 5.74) is 1.57. The summed E-state index contributed by atoms with van der Waals surface area (Å²) in [4.78, 5) is 0.122. The Morgan fingerprint density at radius 1 is 1.15 bits per heavy atom. The van der Waals surface area contributed by atoms with Crippen LogP contribution in [-0.2, 0) is 9.84 Å². The molecule has 5 heteroatoms. The Labute approximate surface area is 123 Å². The summed E-state index contributed by atoms with van der Waals surface area (Å²) in [5, 5.41) is 10.5. The van der Waals surface area contributed by atoms with Crippen LogP contribution in [-0.4, -0.2) is 19.3 Å². The normalized spacial score (nSPS) is 13.2. The molecule has 0 saturated heterocycles. The fourth-order valence-corrected chi connectivity index (χ4v) is 3.59. The Kier molecular flexibility index (Phi) is 4.48. The van der Waals surface area contributed by atoms with Crippen LogP contribution in [0.3, 0.4) is 0 Å². The van der Waals surface area contributed by atoms with Crippen molar-refractivity contribution in [3.8, 4) is 0 Å². The minimum atomic E-state index is -3.58. The first-order chi connectivity index (χ1) is 9.38. The van der Waals surface area contributed by atoms with E-state index in [1.54, 1.807) is 30.3 Å². The largest absolute Gasteiger partial charge is 0.387 e. The van der Waals surface area contributed by atoms with Gasteiger partial charge in [0, 0.05) is 5.02 Å². The third-order valence-electron chi connectivity index (χ3n) is 2.96. The second kappa shape index (κ2) is 5.95. The first-order valence-electron chi connectivity index (χ1n) is 6.11. The zero-order valence-corrected chi connectivity index (χ0v) is 12.5. The van der Waals surface area contributed by atoms with Gasteiger partial charge in [-0.2, -0.15) is 0 Å². The van der Waals surface area contributed by atoms with Gasteiger partial charge in [0.15, 0.2) is 9.84 Å². The molecule has 0 amide bonds. The molecule has 0 fully saturated rings. The summed E-state index contributed by atoms with van der Waals surface area (Å²) in [5.74, 6) is -0.364. The zero-order chi connectivity index (χ0) is 14.8. The molecule has 2 rings (SSSR count). The lowest BCUT2D eigenvalue weighted by atomic mass is 10.1. The molecule has 20 heavy (non-hydrogen) atoms. The fourth-order valence-electron chi connectivity index (χ4n) is 1.94. The lowest BCUT2D eigenvalue weighted by Crippen LogP contribution is -2.14. The van der Waals surface area contributed by atoms with Gasteiger partial charge in [-0.05, 0) is 30.7 Å². The number of sulfone groups is 1. The molecule has 2 aromatic carbocycles. The lowest BCUT2D eigenvalue weighted by molar-refractivity contribution is 0.201. The van der Waals surface area contributed by atoms with Crippen molar-refractivity contribution in [3.05, 3.63) is 64.7 Å². The van der Waals surface area contributed by atoms with Gasteiger partial charge in [-0.15, -0.1) is 0 Å². The first-order valence-corrected chi connectivity index (χ1v) is 8.14. The number of aliphatic hydroxyl groups is 1. The van der Waals surface area contributed by atoms with Crippen LogP contribution in [0.5, 0.6) is 0 Å². The number of rotatable bonds is 4. The quantitative estimate of drug-likeness (QED) is 0.943. The van der Waals surface area contributed by atoms with E-state index in [0.29, 0.717) is 10.6 Å². The summed E-state index contributed by atoms with van der Waals surface area (Å²) in [6.45, 7) is 1.89. The first kappa shape index (κ1) is 15.0. The SMILES string of the molecule is Cc1cccc(C(O)CS(=O)(=O)c2cccc(Cl)c2)c1. The van der Waals surface area contributed by atoms with E-state index in [1.165, 1.54) is 12.1 Å². The van der Waals surface area contributed by atoms with E-state index in [4.69, 9.17) is 11.6 Å². The molecule has 0 aromatic heterocycles. The summed E-state index contributed by atoms with van der Waals surface area (Å²) < 4.78 is 24.5. The van der Waals surface area contributed by atoms with Gasteiger partial charge in [-0.25, -0.2) is 8.42 Å². The van der Waals surface area contributed by atoms with Gasteiger partial charge in [0.1, 0.15) is 0 Å². The third kappa shape index (κ3) is 3.60. The van der Waals surface area contributed by atoms with Crippen LogP contribution in [0.15, 0.2) is 53.4 Å². The van der Waals surface area contributed by atoms with Crippen LogP contribution >= 0.6 is 11.6 Å². The van der Waals surface area contributed by atoms with Crippen molar-refractivity contribution in [3.63, 3.8) is 0 Å². The van der Waals surface area contributed by atoms with Gasteiger partial charge < -0.3 is 5.11 Å². The van der Waals surface area contributed by atoms with Crippen molar-refractivity contribution in [2.75, 3.05) is 5.75 Å². The van der Waals surface area contributed by atoms with E-state index in [2.05, 4.69) is 0 Å². The summed E-state index contributed by atoms with van der Waals surface area (Å²) in [6.07, 6.45) is -1.06. The van der Waals surface area contributed by atoms with Gasteiger partial charge >= 0.3 is 0 Å². The highest BCUT2D eigenvalue weighted by Gasteiger charge is 2.21. The second-order valence-corrected chi connectivity index (χ2v) is 7.14. The van der Waals surface area contributed by atoms with Crippen LogP contribution in [0.25, 0.3) is 0 Å². The van der Waals surface area contributed by atoms with Crippen molar-refractivity contribution in [2.45, 2.75) is 17.9 Å². The number of halogens is 1. The number of aryl methyl sites for hydroxylation is 1. The highest BCUT2D eigenvalue weighted by Crippen LogP contribution is 2.22. The summed E-state index contributed by atoms with van der Waals surface area (Å²) >= 11 is 5.80. The topological polar surface area (TPSA) is 54.4 Å². The molecule has 0 aliphatic carbocycles. The molecule has 0 heterocycles. The van der Waals surface area contributed by atoms with E-state index < -0.39 is 15.9 Å². The minimum absolute atomic E-state index is 0.122. The number of hydrogen-bond donors (Lipinski definition) is 1. The Hall–Kier alpha value is -1.36. The molecule has 0 radical (unpaired) electrons. The van der Waals surface area contributed by atoms with Crippen LogP contribution in [0.4, 0.5) is 0 Å². The molecule has 1 atom stereocenters. The predicted molar refractivity (Wildman–Crippen MR) is 79.6 cm³/mol. The molecule has 3 nitrogen and oxygen atoms in total. The van der Waals surface area contributed by atoms with Gasteiger partial charge in [0.25, 0.3) is 0 Å². The summed E-state index contributed by atoms with van der Waals surface area (Å²) in [7, 11) is -3.58. The Bertz CT molecular complexity index is 711. The van der Waals surface area contributed by atoms with Gasteiger partial charge in [0.2, 0.25) is 0 Å². The highest BCUT2D eigenvalue weighted by atomic mass is 35.5. The van der Waals surface area contributed by atoms with E-state index in [1.807, 2.05) is 13.0 Å². The zero-order valence-electron chi connectivity index (χ0n) is 11.0. The minimum Gasteiger partial charge on any atom is -0.387 e. The van der Waals surface area contributed by atoms with Gasteiger partial charge in [-0.3, -0.25) is 0 Å². The molecule has 1 N–H and O–H groups in total.